The lowest BCUT2D eigenvalue weighted by molar-refractivity contribution is 0.847. The lowest BCUT2D eigenvalue weighted by Crippen LogP contribution is -2.05. The second-order valence-electron chi connectivity index (χ2n) is 13.5. The smallest absolute Gasteiger partial charge is 0.0149 e. The fourth-order valence-corrected chi connectivity index (χ4v) is 9.23. The lowest BCUT2D eigenvalue weighted by atomic mass is 9.79. The van der Waals surface area contributed by atoms with Gasteiger partial charge in [-0.15, -0.1) is 0 Å². The van der Waals surface area contributed by atoms with E-state index in [1.807, 2.05) is 0 Å². The van der Waals surface area contributed by atoms with Crippen molar-refractivity contribution in [3.05, 3.63) is 174 Å². The van der Waals surface area contributed by atoms with Crippen LogP contribution in [0.25, 0.3) is 94.4 Å². The molecule has 11 rings (SSSR count). The van der Waals surface area contributed by atoms with Gasteiger partial charge in [-0.25, -0.2) is 0 Å². The van der Waals surface area contributed by atoms with Crippen LogP contribution in [0.4, 0.5) is 0 Å². The summed E-state index contributed by atoms with van der Waals surface area (Å²) in [5, 5.41) is 5.34. The van der Waals surface area contributed by atoms with Crippen LogP contribution in [0.3, 0.4) is 0 Å². The first-order valence-electron chi connectivity index (χ1n) is 17.1. The Morgan fingerprint density at radius 3 is 1.77 bits per heavy atom. The van der Waals surface area contributed by atoms with E-state index in [2.05, 4.69) is 164 Å². The maximum absolute atomic E-state index is 2.45. The van der Waals surface area contributed by atoms with Gasteiger partial charge in [0, 0.05) is 5.92 Å². The van der Waals surface area contributed by atoms with Gasteiger partial charge in [0.1, 0.15) is 0 Å². The molecule has 8 aromatic carbocycles. The molecule has 0 aliphatic heterocycles. The highest BCUT2D eigenvalue weighted by atomic mass is 14.4. The van der Waals surface area contributed by atoms with E-state index in [9.17, 15) is 0 Å². The summed E-state index contributed by atoms with van der Waals surface area (Å²) < 4.78 is 0. The number of fused-ring (bicyclic) bond motifs is 7. The van der Waals surface area contributed by atoms with Gasteiger partial charge in [0.15, 0.2) is 0 Å². The van der Waals surface area contributed by atoms with Crippen molar-refractivity contribution in [1.29, 1.82) is 0 Å². The van der Waals surface area contributed by atoms with Gasteiger partial charge < -0.3 is 0 Å². The molecular formula is C48H30. The van der Waals surface area contributed by atoms with E-state index in [0.29, 0.717) is 5.92 Å². The van der Waals surface area contributed by atoms with Gasteiger partial charge >= 0.3 is 0 Å². The van der Waals surface area contributed by atoms with Crippen molar-refractivity contribution < 1.29 is 0 Å². The average molecular weight is 607 g/mol. The molecule has 1 atom stereocenters. The number of hydrogen-bond donors (Lipinski definition) is 0. The predicted molar refractivity (Wildman–Crippen MR) is 203 cm³/mol. The van der Waals surface area contributed by atoms with Crippen molar-refractivity contribution in [1.82, 2.24) is 0 Å². The van der Waals surface area contributed by atoms with Gasteiger partial charge in [-0.1, -0.05) is 158 Å². The molecule has 3 aliphatic rings. The van der Waals surface area contributed by atoms with Gasteiger partial charge in [-0.2, -0.15) is 0 Å². The Morgan fingerprint density at radius 1 is 0.396 bits per heavy atom. The molecule has 0 aromatic heterocycles. The molecule has 0 saturated heterocycles. The minimum atomic E-state index is 0.296. The Labute approximate surface area is 280 Å². The molecule has 0 N–H and O–H groups in total. The lowest BCUT2D eigenvalue weighted by Gasteiger charge is -2.24. The molecule has 222 valence electrons. The highest BCUT2D eigenvalue weighted by Crippen LogP contribution is 2.60. The number of benzene rings is 8. The molecule has 0 radical (unpaired) electrons. The Morgan fingerprint density at radius 2 is 1.02 bits per heavy atom. The maximum atomic E-state index is 2.45. The second-order valence-corrected chi connectivity index (χ2v) is 13.5. The molecule has 0 heterocycles. The molecule has 0 saturated carbocycles. The monoisotopic (exact) mass is 606 g/mol. The molecule has 0 heteroatoms. The van der Waals surface area contributed by atoms with Crippen LogP contribution >= 0.6 is 0 Å². The topological polar surface area (TPSA) is 0 Å². The molecule has 0 bridgehead atoms. The summed E-state index contributed by atoms with van der Waals surface area (Å²) in [6.07, 6.45) is 5.83. The fraction of sp³-hybridized carbons (Fsp3) is 0.0417. The van der Waals surface area contributed by atoms with Gasteiger partial charge in [0.2, 0.25) is 0 Å². The first-order chi connectivity index (χ1) is 23.8. The van der Waals surface area contributed by atoms with E-state index in [1.54, 1.807) is 0 Å². The van der Waals surface area contributed by atoms with E-state index >= 15 is 0 Å². The van der Waals surface area contributed by atoms with E-state index in [4.69, 9.17) is 0 Å². The minimum absolute atomic E-state index is 0.296. The maximum Gasteiger partial charge on any atom is 0.0149 e. The van der Waals surface area contributed by atoms with Gasteiger partial charge in [-0.05, 0) is 117 Å². The second kappa shape index (κ2) is 9.77. The summed E-state index contributed by atoms with van der Waals surface area (Å²) in [5.41, 5.74) is 20.4. The highest BCUT2D eigenvalue weighted by Gasteiger charge is 2.38. The van der Waals surface area contributed by atoms with E-state index in [-0.39, 0.29) is 0 Å². The molecule has 1 unspecified atom stereocenters. The van der Waals surface area contributed by atoms with E-state index in [1.165, 1.54) is 105 Å². The largest absolute Gasteiger partial charge is 0.0830 e. The summed E-state index contributed by atoms with van der Waals surface area (Å²) >= 11 is 0. The van der Waals surface area contributed by atoms with Crippen LogP contribution in [0.2, 0.25) is 0 Å². The quantitative estimate of drug-likeness (QED) is 0.188. The van der Waals surface area contributed by atoms with Crippen molar-refractivity contribution >= 4 is 27.6 Å². The Hall–Kier alpha value is -5.98. The van der Waals surface area contributed by atoms with Gasteiger partial charge in [0.05, 0.1) is 0 Å². The van der Waals surface area contributed by atoms with Crippen molar-refractivity contribution in [2.24, 2.45) is 0 Å². The van der Waals surface area contributed by atoms with E-state index < -0.39 is 0 Å². The SMILES string of the molecule is C1=Cc2c(-c3ccc4c(c3)-c3cccc5cccc-4c35)ccc3c2C(C1)c1c-3c(-c2ccccc2)c2ccccc2c1-c1ccccc1. The van der Waals surface area contributed by atoms with Gasteiger partial charge in [0.25, 0.3) is 0 Å². The van der Waals surface area contributed by atoms with Crippen molar-refractivity contribution in [3.63, 3.8) is 0 Å². The van der Waals surface area contributed by atoms with Crippen LogP contribution in [0.1, 0.15) is 29.0 Å². The summed E-state index contributed by atoms with van der Waals surface area (Å²) in [7, 11) is 0. The van der Waals surface area contributed by atoms with Gasteiger partial charge in [-0.3, -0.25) is 0 Å². The zero-order chi connectivity index (χ0) is 31.3. The van der Waals surface area contributed by atoms with Crippen LogP contribution in [-0.2, 0) is 0 Å². The normalized spacial score (nSPS) is 14.7. The van der Waals surface area contributed by atoms with Crippen LogP contribution < -0.4 is 0 Å². The number of hydrogen-bond acceptors (Lipinski definition) is 0. The van der Waals surface area contributed by atoms with Crippen LogP contribution in [0.15, 0.2) is 158 Å². The van der Waals surface area contributed by atoms with Crippen LogP contribution in [0, 0.1) is 0 Å². The molecule has 0 fully saturated rings. The number of rotatable bonds is 3. The molecular weight excluding hydrogens is 577 g/mol. The first kappa shape index (κ1) is 26.1. The molecule has 48 heavy (non-hydrogen) atoms. The third kappa shape index (κ3) is 3.44. The van der Waals surface area contributed by atoms with E-state index in [0.717, 1.165) is 6.42 Å². The van der Waals surface area contributed by atoms with Crippen LogP contribution in [-0.4, -0.2) is 0 Å². The fourth-order valence-electron chi connectivity index (χ4n) is 9.23. The number of allylic oxidation sites excluding steroid dienone is 1. The summed E-state index contributed by atoms with van der Waals surface area (Å²) in [5.74, 6) is 0.296. The summed E-state index contributed by atoms with van der Waals surface area (Å²) in [4.78, 5) is 0. The molecule has 8 aromatic rings. The molecule has 3 aliphatic carbocycles. The molecule has 0 spiro atoms. The standard InChI is InChI=1S/C48H30/c1-3-12-30(13-4-1)44-37-18-7-8-19-38(37)45(31-14-5-2-6-15-31)48-41-27-26-33(35-22-11-23-40(46(35)41)47(44)48)32-24-25-34-36-20-9-16-29-17-10-21-39(43(29)36)42(34)28-32/h1-22,24-28,40H,23H2. The minimum Gasteiger partial charge on any atom is -0.0830 e. The zero-order valence-electron chi connectivity index (χ0n) is 26.4. The Bertz CT molecular complexity index is 2670. The first-order valence-corrected chi connectivity index (χ1v) is 17.1. The zero-order valence-corrected chi connectivity index (χ0v) is 26.4. The molecule has 0 amide bonds. The van der Waals surface area contributed by atoms with Crippen molar-refractivity contribution in [2.45, 2.75) is 12.3 Å². The third-order valence-corrected chi connectivity index (χ3v) is 11.1. The van der Waals surface area contributed by atoms with Crippen molar-refractivity contribution in [3.8, 4) is 66.8 Å². The highest BCUT2D eigenvalue weighted by molar-refractivity contribution is 6.17. The van der Waals surface area contributed by atoms with Crippen LogP contribution in [0.5, 0.6) is 0 Å². The predicted octanol–water partition coefficient (Wildman–Crippen LogP) is 13.2. The Balaban J connectivity index is 1.19. The van der Waals surface area contributed by atoms with Crippen molar-refractivity contribution in [2.75, 3.05) is 0 Å². The average Bonchev–Trinajstić information content (AvgIpc) is 3.66. The summed E-state index contributed by atoms with van der Waals surface area (Å²) in [6, 6.07) is 56.6. The summed E-state index contributed by atoms with van der Waals surface area (Å²) in [6.45, 7) is 0. The molecule has 0 nitrogen and oxygen atoms in total. The Kier molecular flexibility index (Phi) is 5.32. The third-order valence-electron chi connectivity index (χ3n) is 11.1.